The molecule has 5 rings (SSSR count). The predicted octanol–water partition coefficient (Wildman–Crippen LogP) is 4.31. The van der Waals surface area contributed by atoms with Crippen LogP contribution >= 0.6 is 0 Å². The average molecular weight is 398 g/mol. The van der Waals surface area contributed by atoms with Crippen molar-refractivity contribution in [2.75, 3.05) is 0 Å². The number of nitrogens with zero attached hydrogens (tertiary/aromatic N) is 3. The van der Waals surface area contributed by atoms with Gasteiger partial charge in [0.1, 0.15) is 5.82 Å². The van der Waals surface area contributed by atoms with E-state index in [0.29, 0.717) is 23.6 Å². The first-order valence-electron chi connectivity index (χ1n) is 10.0. The van der Waals surface area contributed by atoms with Crippen LogP contribution in [0, 0.1) is 57.6 Å². The third-order valence-electron chi connectivity index (χ3n) is 6.74. The fraction of sp³-hybridized carbons (Fsp3) is 0.591. The third kappa shape index (κ3) is 3.55. The number of nitriles is 2. The monoisotopic (exact) mass is 398 g/mol. The van der Waals surface area contributed by atoms with E-state index in [9.17, 15) is 19.3 Å². The van der Waals surface area contributed by atoms with Crippen LogP contribution in [0.3, 0.4) is 0 Å². The summed E-state index contributed by atoms with van der Waals surface area (Å²) in [4.78, 5) is 4.90. The van der Waals surface area contributed by atoms with Crippen LogP contribution in [-0.2, 0) is 0 Å². The molecular weight excluding hydrogens is 374 g/mol. The van der Waals surface area contributed by atoms with Gasteiger partial charge in [-0.3, -0.25) is 10.3 Å². The van der Waals surface area contributed by atoms with Gasteiger partial charge in [-0.2, -0.15) is 10.5 Å². The number of aliphatic imine (C=N–C) groups is 1. The highest BCUT2D eigenvalue weighted by Gasteiger charge is 2.56. The summed E-state index contributed by atoms with van der Waals surface area (Å²) in [7, 11) is 0. The van der Waals surface area contributed by atoms with Gasteiger partial charge in [-0.25, -0.2) is 8.78 Å². The van der Waals surface area contributed by atoms with Gasteiger partial charge in [-0.15, -0.1) is 0 Å². The summed E-state index contributed by atoms with van der Waals surface area (Å²) >= 11 is 0. The van der Waals surface area contributed by atoms with Crippen LogP contribution in [0.1, 0.15) is 46.0 Å². The van der Waals surface area contributed by atoms with Gasteiger partial charge in [-0.1, -0.05) is 0 Å². The molecule has 152 valence electrons. The van der Waals surface area contributed by atoms with E-state index in [-0.39, 0.29) is 17.2 Å². The van der Waals surface area contributed by atoms with Gasteiger partial charge in [0.2, 0.25) is 0 Å². The van der Waals surface area contributed by atoms with Crippen molar-refractivity contribution in [3.63, 3.8) is 0 Å². The molecule has 0 aromatic heterocycles. The molecule has 2 unspecified atom stereocenters. The number of ether oxygens (including phenoxy) is 1. The molecule has 4 saturated carbocycles. The lowest BCUT2D eigenvalue weighted by atomic mass is 9.48. The number of benzene rings is 1. The zero-order chi connectivity index (χ0) is 20.8. The van der Waals surface area contributed by atoms with E-state index < -0.39 is 17.2 Å². The second kappa shape index (κ2) is 6.99. The Labute approximate surface area is 169 Å². The van der Waals surface area contributed by atoms with Gasteiger partial charge in [0.15, 0.2) is 29.2 Å². The smallest absolute Gasteiger partial charge is 0.182 e. The Kier molecular flexibility index (Phi) is 4.73. The molecule has 5 nitrogen and oxygen atoms in total. The molecule has 0 saturated heterocycles. The minimum atomic E-state index is -1.12. The Balaban J connectivity index is 1.61. The molecule has 0 aliphatic heterocycles. The second-order valence-electron chi connectivity index (χ2n) is 9.25. The van der Waals surface area contributed by atoms with Crippen molar-refractivity contribution in [3.8, 4) is 18.0 Å². The maximum absolute atomic E-state index is 14.1. The van der Waals surface area contributed by atoms with Crippen LogP contribution < -0.4 is 10.1 Å². The molecule has 4 aliphatic rings. The SMILES string of the molecule is CC(C)(Oc1ccc(F)cc1F)C(=NC1C2CC3CC1CC(C#N)(C3)C2)NC#N. The van der Waals surface area contributed by atoms with Crippen molar-refractivity contribution in [1.29, 1.82) is 10.5 Å². The van der Waals surface area contributed by atoms with Gasteiger partial charge in [-0.05, 0) is 75.8 Å². The lowest BCUT2D eigenvalue weighted by Gasteiger charge is -2.56. The van der Waals surface area contributed by atoms with Crippen LogP contribution in [-0.4, -0.2) is 17.5 Å². The summed E-state index contributed by atoms with van der Waals surface area (Å²) in [5.74, 6) is -0.0470. The molecule has 7 heteroatoms. The zero-order valence-electron chi connectivity index (χ0n) is 16.6. The Hall–Kier alpha value is -2.67. The number of amidine groups is 1. The molecule has 1 N–H and O–H groups in total. The van der Waals surface area contributed by atoms with E-state index in [4.69, 9.17) is 9.73 Å². The van der Waals surface area contributed by atoms with Crippen LogP contribution in [0.5, 0.6) is 5.75 Å². The first kappa shape index (κ1) is 19.6. The zero-order valence-corrected chi connectivity index (χ0v) is 16.6. The summed E-state index contributed by atoms with van der Waals surface area (Å²) in [6, 6.07) is 5.71. The molecular formula is C22H24F2N4O. The van der Waals surface area contributed by atoms with Crippen LogP contribution in [0.15, 0.2) is 23.2 Å². The molecule has 0 heterocycles. The lowest BCUT2D eigenvalue weighted by molar-refractivity contribution is -0.0354. The maximum atomic E-state index is 14.1. The fourth-order valence-electron chi connectivity index (χ4n) is 5.77. The predicted molar refractivity (Wildman–Crippen MR) is 103 cm³/mol. The minimum absolute atomic E-state index is 0.0183. The first-order chi connectivity index (χ1) is 13.7. The highest BCUT2D eigenvalue weighted by molar-refractivity contribution is 5.91. The summed E-state index contributed by atoms with van der Waals surface area (Å²) in [5, 5.41) is 21.6. The third-order valence-corrected chi connectivity index (χ3v) is 6.74. The second-order valence-corrected chi connectivity index (χ2v) is 9.25. The number of rotatable bonds is 4. The Bertz CT molecular complexity index is 914. The fourth-order valence-corrected chi connectivity index (χ4v) is 5.77. The molecule has 0 amide bonds. The maximum Gasteiger partial charge on any atom is 0.182 e. The van der Waals surface area contributed by atoms with Crippen LogP contribution in [0.25, 0.3) is 0 Å². The van der Waals surface area contributed by atoms with Gasteiger partial charge in [0, 0.05) is 6.07 Å². The van der Waals surface area contributed by atoms with Crippen molar-refractivity contribution >= 4 is 5.84 Å². The molecule has 0 spiro atoms. The summed E-state index contributed by atoms with van der Waals surface area (Å²) < 4.78 is 33.1. The van der Waals surface area contributed by atoms with Gasteiger partial charge in [0.05, 0.1) is 17.5 Å². The van der Waals surface area contributed by atoms with E-state index >= 15 is 0 Å². The van der Waals surface area contributed by atoms with Crippen molar-refractivity contribution in [3.05, 3.63) is 29.8 Å². The van der Waals surface area contributed by atoms with Gasteiger partial charge >= 0.3 is 0 Å². The minimum Gasteiger partial charge on any atom is -0.477 e. The molecule has 1 aromatic rings. The molecule has 4 bridgehead atoms. The van der Waals surface area contributed by atoms with E-state index in [1.54, 1.807) is 13.8 Å². The number of hydrogen-bond acceptors (Lipinski definition) is 4. The van der Waals surface area contributed by atoms with Crippen molar-refractivity contribution < 1.29 is 13.5 Å². The summed E-state index contributed by atoms with van der Waals surface area (Å²) in [6.45, 7) is 3.40. The Morgan fingerprint density at radius 1 is 1.21 bits per heavy atom. The van der Waals surface area contributed by atoms with Crippen LogP contribution in [0.4, 0.5) is 8.78 Å². The quantitative estimate of drug-likeness (QED) is 0.355. The van der Waals surface area contributed by atoms with E-state index in [0.717, 1.165) is 44.2 Å². The van der Waals surface area contributed by atoms with E-state index in [1.807, 2.05) is 6.19 Å². The van der Waals surface area contributed by atoms with E-state index in [1.165, 1.54) is 6.07 Å². The number of hydrogen-bond donors (Lipinski definition) is 1. The molecule has 4 aliphatic carbocycles. The van der Waals surface area contributed by atoms with E-state index in [2.05, 4.69) is 11.4 Å². The molecule has 2 atom stereocenters. The van der Waals surface area contributed by atoms with Crippen molar-refractivity contribution in [2.24, 2.45) is 28.2 Å². The van der Waals surface area contributed by atoms with Gasteiger partial charge < -0.3 is 4.74 Å². The van der Waals surface area contributed by atoms with Crippen molar-refractivity contribution in [2.45, 2.75) is 57.6 Å². The van der Waals surface area contributed by atoms with Crippen LogP contribution in [0.2, 0.25) is 0 Å². The highest BCUT2D eigenvalue weighted by Crippen LogP contribution is 2.60. The Morgan fingerprint density at radius 2 is 1.90 bits per heavy atom. The topological polar surface area (TPSA) is 81.2 Å². The average Bonchev–Trinajstić information content (AvgIpc) is 2.65. The highest BCUT2D eigenvalue weighted by atomic mass is 19.1. The first-order valence-corrected chi connectivity index (χ1v) is 10.0. The Morgan fingerprint density at radius 3 is 2.48 bits per heavy atom. The summed E-state index contributed by atoms with van der Waals surface area (Å²) in [6.07, 6.45) is 6.71. The number of nitrogens with one attached hydrogen (secondary N) is 1. The lowest BCUT2D eigenvalue weighted by Crippen LogP contribution is -2.54. The largest absolute Gasteiger partial charge is 0.477 e. The molecule has 4 fully saturated rings. The van der Waals surface area contributed by atoms with Crippen molar-refractivity contribution in [1.82, 2.24) is 5.32 Å². The molecule has 0 radical (unpaired) electrons. The van der Waals surface area contributed by atoms with Gasteiger partial charge in [0.25, 0.3) is 0 Å². The summed E-state index contributed by atoms with van der Waals surface area (Å²) in [5.41, 5.74) is -1.33. The normalized spacial score (nSPS) is 33.1. The number of halogens is 2. The molecule has 1 aromatic carbocycles. The standard InChI is InChI=1S/C22H24F2N4O/c1-21(2,29-18-4-3-16(23)7-17(18)24)20(27-12-26)28-19-14-5-13-6-15(19)10-22(8-13,9-14)11-25/h3-4,7,13-15,19H,5-6,8-10H2,1-2H3,(H,27,28). The molecule has 29 heavy (non-hydrogen) atoms.